The number of hydrogen-bond acceptors (Lipinski definition) is 3. The molecule has 0 bridgehead atoms. The van der Waals surface area contributed by atoms with Crippen LogP contribution in [0, 0.1) is 17.8 Å². The second-order valence-corrected chi connectivity index (χ2v) is 7.84. The van der Waals surface area contributed by atoms with E-state index in [1.54, 1.807) is 0 Å². The molecule has 3 heterocycles. The zero-order valence-electron chi connectivity index (χ0n) is 15.5. The van der Waals surface area contributed by atoms with Crippen molar-refractivity contribution in [3.8, 4) is 0 Å². The van der Waals surface area contributed by atoms with Crippen LogP contribution in [0.15, 0.2) is 24.3 Å². The summed E-state index contributed by atoms with van der Waals surface area (Å²) < 4.78 is 5.43. The van der Waals surface area contributed by atoms with Gasteiger partial charge in [-0.15, -0.1) is 0 Å². The number of likely N-dealkylation sites (tertiary alicyclic amines) is 1. The number of aryl methyl sites for hydroxylation is 1. The van der Waals surface area contributed by atoms with E-state index in [9.17, 15) is 9.59 Å². The van der Waals surface area contributed by atoms with E-state index in [0.29, 0.717) is 24.8 Å². The van der Waals surface area contributed by atoms with Gasteiger partial charge in [0.1, 0.15) is 0 Å². The number of para-hydroxylation sites is 1. The van der Waals surface area contributed by atoms with Gasteiger partial charge in [-0.2, -0.15) is 0 Å². The van der Waals surface area contributed by atoms with Gasteiger partial charge in [-0.25, -0.2) is 0 Å². The predicted octanol–water partition coefficient (Wildman–Crippen LogP) is 2.49. The van der Waals surface area contributed by atoms with Crippen molar-refractivity contribution >= 4 is 17.5 Å². The van der Waals surface area contributed by atoms with E-state index >= 15 is 0 Å². The number of rotatable bonds is 4. The first-order chi connectivity index (χ1) is 12.7. The van der Waals surface area contributed by atoms with E-state index < -0.39 is 0 Å². The van der Waals surface area contributed by atoms with Gasteiger partial charge in [-0.1, -0.05) is 25.1 Å². The van der Waals surface area contributed by atoms with Crippen LogP contribution in [0.3, 0.4) is 0 Å². The summed E-state index contributed by atoms with van der Waals surface area (Å²) in [5, 5.41) is 0. The average Bonchev–Trinajstić information content (AvgIpc) is 3.03. The van der Waals surface area contributed by atoms with E-state index in [2.05, 4.69) is 13.0 Å². The van der Waals surface area contributed by atoms with E-state index in [1.165, 1.54) is 0 Å². The standard InChI is InChI=1S/C21H28N2O3/c1-2-15-5-3-4-6-19(15)23-14-17(11-20(23)24)21(25)22-12-18(13-22)16-7-9-26-10-8-16/h3-6,16-18H,2,7-14H2,1H3. The first-order valence-corrected chi connectivity index (χ1v) is 9.92. The van der Waals surface area contributed by atoms with Crippen molar-refractivity contribution in [3.63, 3.8) is 0 Å². The highest BCUT2D eigenvalue weighted by molar-refractivity contribution is 6.00. The maximum Gasteiger partial charge on any atom is 0.228 e. The SMILES string of the molecule is CCc1ccccc1N1CC(C(=O)N2CC(C3CCOCC3)C2)CC1=O. The second-order valence-electron chi connectivity index (χ2n) is 7.84. The van der Waals surface area contributed by atoms with Crippen LogP contribution in [0.5, 0.6) is 0 Å². The topological polar surface area (TPSA) is 49.9 Å². The summed E-state index contributed by atoms with van der Waals surface area (Å²) in [5.41, 5.74) is 2.14. The molecule has 0 aliphatic carbocycles. The highest BCUT2D eigenvalue weighted by Crippen LogP contribution is 2.34. The molecule has 5 nitrogen and oxygen atoms in total. The number of nitrogens with zero attached hydrogens (tertiary/aromatic N) is 2. The summed E-state index contributed by atoms with van der Waals surface area (Å²) in [6.07, 6.45) is 3.47. The Kier molecular flexibility index (Phi) is 4.98. The first kappa shape index (κ1) is 17.5. The Labute approximate surface area is 155 Å². The summed E-state index contributed by atoms with van der Waals surface area (Å²) in [4.78, 5) is 29.2. The van der Waals surface area contributed by atoms with Crippen LogP contribution in [0.4, 0.5) is 5.69 Å². The summed E-state index contributed by atoms with van der Waals surface area (Å²) in [6, 6.07) is 8.02. The predicted molar refractivity (Wildman–Crippen MR) is 99.9 cm³/mol. The molecule has 1 unspecified atom stereocenters. The van der Waals surface area contributed by atoms with Crippen molar-refractivity contribution in [2.45, 2.75) is 32.6 Å². The van der Waals surface area contributed by atoms with Crippen molar-refractivity contribution < 1.29 is 14.3 Å². The summed E-state index contributed by atoms with van der Waals surface area (Å²) in [7, 11) is 0. The molecular formula is C21H28N2O3. The van der Waals surface area contributed by atoms with E-state index in [4.69, 9.17) is 4.74 Å². The van der Waals surface area contributed by atoms with E-state index in [-0.39, 0.29) is 17.7 Å². The molecule has 0 radical (unpaired) electrons. The molecule has 3 aliphatic rings. The van der Waals surface area contributed by atoms with Crippen LogP contribution < -0.4 is 4.90 Å². The zero-order chi connectivity index (χ0) is 18.1. The third-order valence-electron chi connectivity index (χ3n) is 6.29. The number of carbonyl (C=O) groups is 2. The quantitative estimate of drug-likeness (QED) is 0.833. The van der Waals surface area contributed by atoms with Crippen molar-refractivity contribution in [3.05, 3.63) is 29.8 Å². The Morgan fingerprint density at radius 1 is 1.12 bits per heavy atom. The Hall–Kier alpha value is -1.88. The van der Waals surface area contributed by atoms with Crippen LogP contribution >= 0.6 is 0 Å². The lowest BCUT2D eigenvalue weighted by Crippen LogP contribution is -2.55. The van der Waals surface area contributed by atoms with Crippen molar-refractivity contribution in [2.24, 2.45) is 17.8 Å². The molecular weight excluding hydrogens is 328 g/mol. The van der Waals surface area contributed by atoms with Gasteiger partial charge in [0.05, 0.1) is 5.92 Å². The molecule has 3 saturated heterocycles. The number of amides is 2. The number of carbonyl (C=O) groups excluding carboxylic acids is 2. The van der Waals surface area contributed by atoms with E-state index in [1.807, 2.05) is 28.0 Å². The minimum atomic E-state index is -0.192. The monoisotopic (exact) mass is 356 g/mol. The summed E-state index contributed by atoms with van der Waals surface area (Å²) >= 11 is 0. The molecule has 1 atom stereocenters. The molecule has 3 fully saturated rings. The fraction of sp³-hybridized carbons (Fsp3) is 0.619. The smallest absolute Gasteiger partial charge is 0.228 e. The molecule has 0 saturated carbocycles. The Balaban J connectivity index is 1.36. The third kappa shape index (κ3) is 3.25. The largest absolute Gasteiger partial charge is 0.381 e. The average molecular weight is 356 g/mol. The highest BCUT2D eigenvalue weighted by Gasteiger charge is 2.43. The second kappa shape index (κ2) is 7.39. The first-order valence-electron chi connectivity index (χ1n) is 9.92. The van der Waals surface area contributed by atoms with Crippen LogP contribution in [-0.4, -0.2) is 49.6 Å². The summed E-state index contributed by atoms with van der Waals surface area (Å²) in [5.74, 6) is 1.37. The number of ether oxygens (including phenoxy) is 1. The van der Waals surface area contributed by atoms with Crippen molar-refractivity contribution in [1.29, 1.82) is 0 Å². The van der Waals surface area contributed by atoms with Gasteiger partial charge in [-0.3, -0.25) is 9.59 Å². The zero-order valence-corrected chi connectivity index (χ0v) is 15.5. The number of benzene rings is 1. The van der Waals surface area contributed by atoms with Crippen LogP contribution in [-0.2, 0) is 20.7 Å². The van der Waals surface area contributed by atoms with Crippen LogP contribution in [0.1, 0.15) is 31.7 Å². The molecule has 0 N–H and O–H groups in total. The number of hydrogen-bond donors (Lipinski definition) is 0. The van der Waals surface area contributed by atoms with E-state index in [0.717, 1.165) is 56.8 Å². The van der Waals surface area contributed by atoms with Gasteiger partial charge in [0.15, 0.2) is 0 Å². The fourth-order valence-corrected chi connectivity index (χ4v) is 4.62. The minimum absolute atomic E-state index is 0.0748. The Bertz CT molecular complexity index is 678. The molecule has 140 valence electrons. The lowest BCUT2D eigenvalue weighted by Gasteiger charge is -2.45. The molecule has 4 rings (SSSR count). The fourth-order valence-electron chi connectivity index (χ4n) is 4.62. The van der Waals surface area contributed by atoms with Crippen molar-refractivity contribution in [1.82, 2.24) is 4.90 Å². The number of anilines is 1. The molecule has 3 aliphatic heterocycles. The Morgan fingerprint density at radius 2 is 1.85 bits per heavy atom. The van der Waals surface area contributed by atoms with Crippen LogP contribution in [0.25, 0.3) is 0 Å². The maximum absolute atomic E-state index is 12.9. The molecule has 0 aromatic heterocycles. The molecule has 1 aromatic carbocycles. The van der Waals surface area contributed by atoms with Gasteiger partial charge in [-0.05, 0) is 42.7 Å². The van der Waals surface area contributed by atoms with Gasteiger partial charge >= 0.3 is 0 Å². The minimum Gasteiger partial charge on any atom is -0.381 e. The normalized spacial score (nSPS) is 24.8. The third-order valence-corrected chi connectivity index (χ3v) is 6.29. The lowest BCUT2D eigenvalue weighted by molar-refractivity contribution is -0.144. The van der Waals surface area contributed by atoms with Gasteiger partial charge in [0.25, 0.3) is 0 Å². The van der Waals surface area contributed by atoms with Gasteiger partial charge in [0, 0.05) is 45.0 Å². The molecule has 1 aromatic rings. The van der Waals surface area contributed by atoms with Crippen LogP contribution in [0.2, 0.25) is 0 Å². The molecule has 2 amide bonds. The highest BCUT2D eigenvalue weighted by atomic mass is 16.5. The maximum atomic E-state index is 12.9. The lowest BCUT2D eigenvalue weighted by atomic mass is 9.80. The molecule has 26 heavy (non-hydrogen) atoms. The molecule has 5 heteroatoms. The Morgan fingerprint density at radius 3 is 2.58 bits per heavy atom. The van der Waals surface area contributed by atoms with Gasteiger partial charge < -0.3 is 14.5 Å². The summed E-state index contributed by atoms with van der Waals surface area (Å²) in [6.45, 7) is 6.06. The molecule has 0 spiro atoms. The van der Waals surface area contributed by atoms with Crippen molar-refractivity contribution in [2.75, 3.05) is 37.7 Å². The van der Waals surface area contributed by atoms with Gasteiger partial charge in [0.2, 0.25) is 11.8 Å².